The number of esters is 1. The smallest absolute Gasteiger partial charge is 0.340 e. The molecule has 0 atom stereocenters. The first-order valence-electron chi connectivity index (χ1n) is 8.27. The van der Waals surface area contributed by atoms with Gasteiger partial charge in [-0.25, -0.2) is 4.79 Å². The van der Waals surface area contributed by atoms with Crippen LogP contribution < -0.4 is 4.74 Å². The van der Waals surface area contributed by atoms with Gasteiger partial charge in [-0.1, -0.05) is 23.2 Å². The molecular weight excluding hydrogens is 423 g/mol. The predicted octanol–water partition coefficient (Wildman–Crippen LogP) is 4.38. The fourth-order valence-electron chi connectivity index (χ4n) is 3.79. The Morgan fingerprint density at radius 1 is 0.759 bits per heavy atom. The van der Waals surface area contributed by atoms with Crippen molar-refractivity contribution in [3.63, 3.8) is 0 Å². The van der Waals surface area contributed by atoms with Gasteiger partial charge in [0.2, 0.25) is 11.5 Å². The van der Waals surface area contributed by atoms with Crippen LogP contribution in [0.5, 0.6) is 34.5 Å². The monoisotopic (exact) mass is 432 g/mol. The summed E-state index contributed by atoms with van der Waals surface area (Å²) in [7, 11) is 0. The quantitative estimate of drug-likeness (QED) is 0.307. The summed E-state index contributed by atoms with van der Waals surface area (Å²) in [6.07, 6.45) is 0. The van der Waals surface area contributed by atoms with Gasteiger partial charge in [0.15, 0.2) is 28.6 Å². The third-order valence-electron chi connectivity index (χ3n) is 5.09. The zero-order valence-electron chi connectivity index (χ0n) is 14.2. The number of ether oxygens (including phenoxy) is 2. The maximum Gasteiger partial charge on any atom is 0.340 e. The van der Waals surface area contributed by atoms with Crippen LogP contribution in [0.15, 0.2) is 36.4 Å². The second-order valence-electron chi connectivity index (χ2n) is 6.60. The molecule has 0 aliphatic carbocycles. The lowest BCUT2D eigenvalue weighted by atomic mass is 9.77. The van der Waals surface area contributed by atoms with E-state index in [0.29, 0.717) is 5.56 Å². The molecule has 0 unspecified atom stereocenters. The van der Waals surface area contributed by atoms with Crippen molar-refractivity contribution in [2.45, 2.75) is 5.60 Å². The van der Waals surface area contributed by atoms with Gasteiger partial charge in [-0.15, -0.1) is 0 Å². The molecule has 9 heteroatoms. The minimum Gasteiger partial charge on any atom is -0.504 e. The topological polar surface area (TPSA) is 116 Å². The number of carbonyl (C=O) groups is 1. The van der Waals surface area contributed by atoms with Crippen LogP contribution in [0, 0.1) is 0 Å². The summed E-state index contributed by atoms with van der Waals surface area (Å²) < 4.78 is 11.4. The van der Waals surface area contributed by atoms with Gasteiger partial charge >= 0.3 is 5.97 Å². The van der Waals surface area contributed by atoms with Crippen LogP contribution in [0.25, 0.3) is 0 Å². The molecule has 3 aromatic rings. The lowest BCUT2D eigenvalue weighted by Crippen LogP contribution is -2.33. The van der Waals surface area contributed by atoms with Crippen molar-refractivity contribution in [1.29, 1.82) is 0 Å². The number of phenolic OH excluding ortho intramolecular Hbond substituents is 4. The number of hydrogen-bond acceptors (Lipinski definition) is 7. The highest BCUT2D eigenvalue weighted by Crippen LogP contribution is 2.62. The van der Waals surface area contributed by atoms with Crippen LogP contribution in [-0.4, -0.2) is 26.4 Å². The van der Waals surface area contributed by atoms with Crippen molar-refractivity contribution in [1.82, 2.24) is 0 Å². The lowest BCUT2D eigenvalue weighted by molar-refractivity contribution is 0.0220. The highest BCUT2D eigenvalue weighted by Gasteiger charge is 2.55. The SMILES string of the molecule is O=C1OC2(c3cc(Cl)c(Cl)cc31)c1ccc(O)c(O)c1Oc1c2ccc(O)c1O. The van der Waals surface area contributed by atoms with Gasteiger partial charge in [-0.3, -0.25) is 0 Å². The molecular formula is C20H10Cl2O7. The molecule has 2 heterocycles. The van der Waals surface area contributed by atoms with Gasteiger partial charge in [-0.2, -0.15) is 0 Å². The summed E-state index contributed by atoms with van der Waals surface area (Å²) in [4.78, 5) is 12.7. The Labute approximate surface area is 172 Å². The molecule has 0 fully saturated rings. The number of aromatic hydroxyl groups is 4. The van der Waals surface area contributed by atoms with E-state index in [-0.39, 0.29) is 38.2 Å². The standard InChI is InChI=1S/C20H10Cl2O7/c21-11-5-7-10(6-12(11)22)20(29-19(7)27)8-1-3-13(23)15(25)17(8)28-18-9(20)2-4-14(24)16(18)26/h1-6,23-26H. The third-order valence-corrected chi connectivity index (χ3v) is 5.81. The first kappa shape index (κ1) is 17.8. The van der Waals surface area contributed by atoms with E-state index in [0.717, 1.165) is 0 Å². The van der Waals surface area contributed by atoms with Gasteiger partial charge in [0.05, 0.1) is 26.7 Å². The molecule has 0 saturated carbocycles. The summed E-state index contributed by atoms with van der Waals surface area (Å²) in [6, 6.07) is 8.09. The van der Waals surface area contributed by atoms with Crippen molar-refractivity contribution in [3.05, 3.63) is 68.7 Å². The van der Waals surface area contributed by atoms with Gasteiger partial charge < -0.3 is 29.9 Å². The Morgan fingerprint density at radius 3 is 1.83 bits per heavy atom. The predicted molar refractivity (Wildman–Crippen MR) is 101 cm³/mol. The normalized spacial score (nSPS) is 15.3. The van der Waals surface area contributed by atoms with Crippen LogP contribution in [0.2, 0.25) is 10.0 Å². The van der Waals surface area contributed by atoms with E-state index in [9.17, 15) is 25.2 Å². The van der Waals surface area contributed by atoms with Crippen molar-refractivity contribution >= 4 is 29.2 Å². The average Bonchev–Trinajstić information content (AvgIpc) is 2.95. The van der Waals surface area contributed by atoms with Crippen molar-refractivity contribution in [3.8, 4) is 34.5 Å². The zero-order chi connectivity index (χ0) is 20.7. The van der Waals surface area contributed by atoms with Gasteiger partial charge in [0.1, 0.15) is 0 Å². The molecule has 0 radical (unpaired) electrons. The van der Waals surface area contributed by atoms with Crippen LogP contribution in [0.1, 0.15) is 27.0 Å². The largest absolute Gasteiger partial charge is 0.504 e. The molecule has 5 rings (SSSR count). The van der Waals surface area contributed by atoms with Crippen LogP contribution >= 0.6 is 23.2 Å². The maximum absolute atomic E-state index is 12.7. The highest BCUT2D eigenvalue weighted by atomic mass is 35.5. The Kier molecular flexibility index (Phi) is 3.45. The Morgan fingerprint density at radius 2 is 1.28 bits per heavy atom. The van der Waals surface area contributed by atoms with Crippen molar-refractivity contribution in [2.75, 3.05) is 0 Å². The number of rotatable bonds is 0. The van der Waals surface area contributed by atoms with Crippen LogP contribution in [0.3, 0.4) is 0 Å². The molecule has 1 spiro atoms. The molecule has 3 aromatic carbocycles. The molecule has 0 amide bonds. The Bertz CT molecular complexity index is 1190. The van der Waals surface area contributed by atoms with E-state index >= 15 is 0 Å². The molecule has 0 bridgehead atoms. The summed E-state index contributed by atoms with van der Waals surface area (Å²) in [5.41, 5.74) is -0.845. The molecule has 7 nitrogen and oxygen atoms in total. The number of phenols is 4. The number of hydrogen-bond donors (Lipinski definition) is 4. The number of benzene rings is 3. The Balaban J connectivity index is 1.96. The summed E-state index contributed by atoms with van der Waals surface area (Å²) >= 11 is 12.3. The molecule has 146 valence electrons. The second kappa shape index (κ2) is 5.62. The van der Waals surface area contributed by atoms with E-state index in [1.165, 1.54) is 36.4 Å². The van der Waals surface area contributed by atoms with Crippen LogP contribution in [0.4, 0.5) is 0 Å². The Hall–Kier alpha value is -3.29. The molecule has 4 N–H and O–H groups in total. The average molecular weight is 433 g/mol. The van der Waals surface area contributed by atoms with Crippen molar-refractivity contribution in [2.24, 2.45) is 0 Å². The van der Waals surface area contributed by atoms with E-state index in [4.69, 9.17) is 32.7 Å². The fraction of sp³-hybridized carbons (Fsp3) is 0.0500. The van der Waals surface area contributed by atoms with E-state index in [1.54, 1.807) is 0 Å². The molecule has 0 aromatic heterocycles. The summed E-state index contributed by atoms with van der Waals surface area (Å²) in [6.45, 7) is 0. The van der Waals surface area contributed by atoms with Gasteiger partial charge in [0.25, 0.3) is 0 Å². The van der Waals surface area contributed by atoms with E-state index in [1.807, 2.05) is 0 Å². The summed E-state index contributed by atoms with van der Waals surface area (Å²) in [5, 5.41) is 40.9. The number of halogens is 2. The first-order chi connectivity index (χ1) is 13.8. The second-order valence-corrected chi connectivity index (χ2v) is 7.42. The minimum absolute atomic E-state index is 0.137. The van der Waals surface area contributed by atoms with E-state index in [2.05, 4.69) is 0 Å². The first-order valence-corrected chi connectivity index (χ1v) is 9.03. The zero-order valence-corrected chi connectivity index (χ0v) is 15.7. The molecule has 2 aliphatic rings. The molecule has 29 heavy (non-hydrogen) atoms. The van der Waals surface area contributed by atoms with Crippen LogP contribution in [-0.2, 0) is 10.3 Å². The van der Waals surface area contributed by atoms with Gasteiger partial charge in [0, 0.05) is 5.56 Å². The lowest BCUT2D eigenvalue weighted by Gasteiger charge is -2.37. The van der Waals surface area contributed by atoms with Crippen molar-refractivity contribution < 1.29 is 34.7 Å². The van der Waals surface area contributed by atoms with E-state index < -0.39 is 34.6 Å². The molecule has 0 saturated heterocycles. The molecule has 2 aliphatic heterocycles. The number of carbonyl (C=O) groups excluding carboxylic acids is 1. The third kappa shape index (κ3) is 2.11. The minimum atomic E-state index is -1.67. The highest BCUT2D eigenvalue weighted by molar-refractivity contribution is 6.42. The number of fused-ring (bicyclic) bond motifs is 6. The summed E-state index contributed by atoms with van der Waals surface area (Å²) in [5.74, 6) is -3.42. The van der Waals surface area contributed by atoms with Gasteiger partial charge in [-0.05, 0) is 36.4 Å². The maximum atomic E-state index is 12.7. The fourth-order valence-corrected chi connectivity index (χ4v) is 4.11.